The van der Waals surface area contributed by atoms with Gasteiger partial charge in [-0.05, 0) is 43.9 Å². The lowest BCUT2D eigenvalue weighted by molar-refractivity contribution is -0.161. The highest BCUT2D eigenvalue weighted by Gasteiger charge is 2.57. The molecule has 4 atom stereocenters. The normalized spacial score (nSPS) is 29.0. The van der Waals surface area contributed by atoms with Crippen LogP contribution in [0.4, 0.5) is 0 Å². The Morgan fingerprint density at radius 1 is 0.826 bits per heavy atom. The number of ether oxygens (including phenoxy) is 2. The van der Waals surface area contributed by atoms with Crippen molar-refractivity contribution in [2.75, 3.05) is 13.2 Å². The lowest BCUT2D eigenvalue weighted by Gasteiger charge is -2.31. The van der Waals surface area contributed by atoms with E-state index in [2.05, 4.69) is 13.8 Å². The van der Waals surface area contributed by atoms with E-state index in [1.54, 1.807) is 0 Å². The number of esters is 2. The molecule has 23 heavy (non-hydrogen) atoms. The Morgan fingerprint density at radius 3 is 1.52 bits per heavy atom. The zero-order valence-corrected chi connectivity index (χ0v) is 14.9. The van der Waals surface area contributed by atoms with Crippen LogP contribution in [0.1, 0.15) is 59.8 Å². The van der Waals surface area contributed by atoms with Gasteiger partial charge in [0.2, 0.25) is 0 Å². The van der Waals surface area contributed by atoms with Crippen molar-refractivity contribution in [2.45, 2.75) is 59.8 Å². The average molecular weight is 322 g/mol. The van der Waals surface area contributed by atoms with Gasteiger partial charge < -0.3 is 9.47 Å². The first-order valence-electron chi connectivity index (χ1n) is 9.15. The average Bonchev–Trinajstić information content (AvgIpc) is 3.12. The van der Waals surface area contributed by atoms with Gasteiger partial charge in [-0.15, -0.1) is 0 Å². The van der Waals surface area contributed by atoms with Crippen LogP contribution in [0.2, 0.25) is 0 Å². The summed E-state index contributed by atoms with van der Waals surface area (Å²) in [5.41, 5.74) is 2.77. The van der Waals surface area contributed by atoms with E-state index < -0.39 is 0 Å². The lowest BCUT2D eigenvalue weighted by atomic mass is 9.74. The first-order chi connectivity index (χ1) is 11.1. The molecule has 4 nitrogen and oxygen atoms in total. The molecule has 2 bridgehead atoms. The third-order valence-electron chi connectivity index (χ3n) is 5.27. The van der Waals surface area contributed by atoms with Crippen molar-refractivity contribution in [1.82, 2.24) is 0 Å². The fourth-order valence-corrected chi connectivity index (χ4v) is 4.46. The second-order valence-electron chi connectivity index (χ2n) is 6.59. The van der Waals surface area contributed by atoms with Crippen molar-refractivity contribution in [3.05, 3.63) is 11.1 Å². The van der Waals surface area contributed by atoms with Gasteiger partial charge in [0.1, 0.15) is 0 Å². The maximum Gasteiger partial charge on any atom is 0.310 e. The van der Waals surface area contributed by atoms with E-state index >= 15 is 0 Å². The zero-order valence-electron chi connectivity index (χ0n) is 14.9. The van der Waals surface area contributed by atoms with E-state index in [-0.39, 0.29) is 35.6 Å². The number of rotatable bonds is 8. The molecule has 0 aromatic carbocycles. The molecule has 1 saturated carbocycles. The second-order valence-corrected chi connectivity index (χ2v) is 6.59. The molecule has 0 radical (unpaired) electrons. The van der Waals surface area contributed by atoms with Crippen molar-refractivity contribution in [3.63, 3.8) is 0 Å². The highest BCUT2D eigenvalue weighted by Crippen LogP contribution is 2.57. The van der Waals surface area contributed by atoms with Crippen molar-refractivity contribution in [2.24, 2.45) is 23.7 Å². The molecule has 4 unspecified atom stereocenters. The molecule has 4 heteroatoms. The van der Waals surface area contributed by atoms with Crippen LogP contribution in [-0.2, 0) is 19.1 Å². The van der Waals surface area contributed by atoms with Crippen LogP contribution in [0.15, 0.2) is 11.1 Å². The van der Waals surface area contributed by atoms with Gasteiger partial charge in [-0.1, -0.05) is 38.8 Å². The third-order valence-corrected chi connectivity index (χ3v) is 5.27. The summed E-state index contributed by atoms with van der Waals surface area (Å²) in [4.78, 5) is 25.2. The summed E-state index contributed by atoms with van der Waals surface area (Å²) in [6, 6.07) is 0. The molecule has 0 saturated heterocycles. The molecule has 0 N–H and O–H groups in total. The first kappa shape index (κ1) is 18.0. The highest BCUT2D eigenvalue weighted by atomic mass is 16.5. The maximum atomic E-state index is 12.6. The predicted octanol–water partition coefficient (Wildman–Crippen LogP) is 3.89. The Kier molecular flexibility index (Phi) is 6.25. The minimum absolute atomic E-state index is 0.170. The van der Waals surface area contributed by atoms with Crippen LogP contribution >= 0.6 is 0 Å². The third kappa shape index (κ3) is 3.31. The molecule has 0 aliphatic heterocycles. The van der Waals surface area contributed by atoms with Crippen molar-refractivity contribution in [1.29, 1.82) is 0 Å². The number of fused-ring (bicyclic) bond motifs is 2. The number of carbonyl (C=O) groups excluding carboxylic acids is 2. The summed E-state index contributed by atoms with van der Waals surface area (Å²) in [6.45, 7) is 9.10. The van der Waals surface area contributed by atoms with Crippen molar-refractivity contribution >= 4 is 11.9 Å². The molecular formula is C19H30O4. The Hall–Kier alpha value is -1.32. The van der Waals surface area contributed by atoms with Gasteiger partial charge in [-0.2, -0.15) is 0 Å². The number of allylic oxidation sites excluding steroid dienone is 2. The van der Waals surface area contributed by atoms with Gasteiger partial charge in [0.05, 0.1) is 25.0 Å². The second kappa shape index (κ2) is 7.98. The summed E-state index contributed by atoms with van der Waals surface area (Å²) in [5, 5.41) is 0. The molecule has 0 heterocycles. The summed E-state index contributed by atoms with van der Waals surface area (Å²) in [6.07, 6.45) is 4.42. The molecule has 130 valence electrons. The molecule has 2 aliphatic rings. The van der Waals surface area contributed by atoms with Crippen LogP contribution in [0.3, 0.4) is 0 Å². The van der Waals surface area contributed by atoms with Gasteiger partial charge in [0.25, 0.3) is 0 Å². The molecule has 0 spiro atoms. The van der Waals surface area contributed by atoms with E-state index in [1.165, 1.54) is 11.1 Å². The fraction of sp³-hybridized carbons (Fsp3) is 0.789. The van der Waals surface area contributed by atoms with E-state index in [9.17, 15) is 9.59 Å². The molecule has 0 aromatic heterocycles. The summed E-state index contributed by atoms with van der Waals surface area (Å²) in [5.74, 6) is -0.771. The van der Waals surface area contributed by atoms with Crippen molar-refractivity contribution < 1.29 is 19.1 Å². The minimum Gasteiger partial charge on any atom is -0.465 e. The van der Waals surface area contributed by atoms with Crippen molar-refractivity contribution in [3.8, 4) is 0 Å². The van der Waals surface area contributed by atoms with Crippen LogP contribution in [0, 0.1) is 23.7 Å². The quantitative estimate of drug-likeness (QED) is 0.502. The summed E-state index contributed by atoms with van der Waals surface area (Å²) >= 11 is 0. The van der Waals surface area contributed by atoms with Gasteiger partial charge in [-0.25, -0.2) is 0 Å². The van der Waals surface area contributed by atoms with Crippen LogP contribution in [0.5, 0.6) is 0 Å². The van der Waals surface area contributed by atoms with E-state index in [4.69, 9.17) is 9.47 Å². The fourth-order valence-electron chi connectivity index (χ4n) is 4.46. The minimum atomic E-state index is -0.346. The topological polar surface area (TPSA) is 52.6 Å². The highest BCUT2D eigenvalue weighted by molar-refractivity contribution is 5.85. The van der Waals surface area contributed by atoms with Gasteiger partial charge in [0, 0.05) is 0 Å². The number of carbonyl (C=O) groups is 2. The number of hydrogen-bond acceptors (Lipinski definition) is 4. The summed E-state index contributed by atoms with van der Waals surface area (Å²) in [7, 11) is 0. The molecule has 0 amide bonds. The SMILES string of the molecule is CCCOC(=O)C1C2CC(C(CC)=C2CC)C1C(=O)OCCC. The zero-order chi connectivity index (χ0) is 17.0. The molecule has 0 aromatic rings. The predicted molar refractivity (Wildman–Crippen MR) is 88.7 cm³/mol. The molecular weight excluding hydrogens is 292 g/mol. The smallest absolute Gasteiger partial charge is 0.310 e. The first-order valence-corrected chi connectivity index (χ1v) is 9.15. The van der Waals surface area contributed by atoms with Gasteiger partial charge >= 0.3 is 11.9 Å². The molecule has 1 fully saturated rings. The van der Waals surface area contributed by atoms with E-state index in [0.29, 0.717) is 13.2 Å². The monoisotopic (exact) mass is 322 g/mol. The van der Waals surface area contributed by atoms with E-state index in [0.717, 1.165) is 32.1 Å². The largest absolute Gasteiger partial charge is 0.465 e. The van der Waals surface area contributed by atoms with Crippen LogP contribution < -0.4 is 0 Å². The molecule has 2 aliphatic carbocycles. The Bertz CT molecular complexity index is 438. The van der Waals surface area contributed by atoms with Gasteiger partial charge in [-0.3, -0.25) is 9.59 Å². The summed E-state index contributed by atoms with van der Waals surface area (Å²) < 4.78 is 10.8. The van der Waals surface area contributed by atoms with Crippen LogP contribution in [-0.4, -0.2) is 25.2 Å². The Balaban J connectivity index is 2.27. The Morgan fingerprint density at radius 2 is 1.22 bits per heavy atom. The van der Waals surface area contributed by atoms with E-state index in [1.807, 2.05) is 13.8 Å². The Labute approximate surface area is 139 Å². The lowest BCUT2D eigenvalue weighted by Crippen LogP contribution is -2.38. The van der Waals surface area contributed by atoms with Gasteiger partial charge in [0.15, 0.2) is 0 Å². The molecule has 2 rings (SSSR count). The maximum absolute atomic E-state index is 12.6. The standard InChI is InChI=1S/C19H30O4/c1-5-9-22-18(20)16-14-11-15(13(8-4)12(14)7-3)17(16)19(21)23-10-6-2/h14-17H,5-11H2,1-4H3. The van der Waals surface area contributed by atoms with Crippen LogP contribution in [0.25, 0.3) is 0 Å². The number of hydrogen-bond donors (Lipinski definition) is 0.